The highest BCUT2D eigenvalue weighted by molar-refractivity contribution is 5.89. The number of nitrogens with zero attached hydrogens (tertiary/aromatic N) is 3. The molecule has 1 aromatic carbocycles. The zero-order valence-corrected chi connectivity index (χ0v) is 11.1. The molecule has 2 aromatic rings. The molecule has 0 atom stereocenters. The van der Waals surface area contributed by atoms with Crippen LogP contribution in [0.4, 0.5) is 5.82 Å². The Morgan fingerprint density at radius 1 is 1.40 bits per heavy atom. The van der Waals surface area contributed by atoms with Crippen molar-refractivity contribution in [3.05, 3.63) is 57.3 Å². The summed E-state index contributed by atoms with van der Waals surface area (Å²) in [5.74, 6) is -0.543. The molecule has 0 amide bonds. The van der Waals surface area contributed by atoms with E-state index in [2.05, 4.69) is 9.84 Å². The summed E-state index contributed by atoms with van der Waals surface area (Å²) in [4.78, 5) is 21.5. The largest absolute Gasteiger partial charge is 0.465 e. The molecule has 20 heavy (non-hydrogen) atoms. The number of hydrogen-bond donors (Lipinski definition) is 0. The molecule has 0 unspecified atom stereocenters. The van der Waals surface area contributed by atoms with E-state index in [1.165, 1.54) is 11.8 Å². The average molecular weight is 275 g/mol. The minimum absolute atomic E-state index is 0.142. The third-order valence-corrected chi connectivity index (χ3v) is 2.81. The van der Waals surface area contributed by atoms with Gasteiger partial charge in [-0.2, -0.15) is 4.68 Å². The molecular formula is C13H13N3O4. The van der Waals surface area contributed by atoms with Gasteiger partial charge in [-0.1, -0.05) is 12.1 Å². The lowest BCUT2D eigenvalue weighted by Gasteiger charge is -2.01. The summed E-state index contributed by atoms with van der Waals surface area (Å²) in [6, 6.07) is 6.81. The molecule has 1 aromatic heterocycles. The number of esters is 1. The topological polar surface area (TPSA) is 87.3 Å². The van der Waals surface area contributed by atoms with Crippen LogP contribution in [-0.2, 0) is 11.3 Å². The van der Waals surface area contributed by atoms with E-state index in [1.54, 1.807) is 37.4 Å². The molecule has 0 saturated heterocycles. The van der Waals surface area contributed by atoms with E-state index < -0.39 is 10.9 Å². The molecule has 0 aliphatic rings. The van der Waals surface area contributed by atoms with Gasteiger partial charge in [0.05, 0.1) is 36.1 Å². The number of carbonyl (C=O) groups is 1. The van der Waals surface area contributed by atoms with E-state index in [0.717, 1.165) is 5.56 Å². The van der Waals surface area contributed by atoms with Crippen LogP contribution in [0.1, 0.15) is 21.5 Å². The number of nitro groups is 1. The highest BCUT2D eigenvalue weighted by atomic mass is 16.6. The van der Waals surface area contributed by atoms with Gasteiger partial charge in [-0.05, 0) is 29.5 Å². The maximum absolute atomic E-state index is 11.3. The van der Waals surface area contributed by atoms with Crippen molar-refractivity contribution in [3.63, 3.8) is 0 Å². The van der Waals surface area contributed by atoms with Crippen molar-refractivity contribution in [2.75, 3.05) is 7.11 Å². The summed E-state index contributed by atoms with van der Waals surface area (Å²) in [6.07, 6.45) is 1.62. The maximum atomic E-state index is 11.3. The quantitative estimate of drug-likeness (QED) is 0.483. The number of carbonyl (C=O) groups excluding carboxylic acids is 1. The van der Waals surface area contributed by atoms with Gasteiger partial charge in [-0.3, -0.25) is 0 Å². The Labute approximate surface area is 114 Å². The van der Waals surface area contributed by atoms with Gasteiger partial charge >= 0.3 is 11.8 Å². The van der Waals surface area contributed by atoms with Gasteiger partial charge in [0.25, 0.3) is 0 Å². The lowest BCUT2D eigenvalue weighted by Crippen LogP contribution is -2.03. The van der Waals surface area contributed by atoms with Crippen LogP contribution < -0.4 is 0 Å². The number of hydrogen-bond acceptors (Lipinski definition) is 5. The van der Waals surface area contributed by atoms with Crippen molar-refractivity contribution in [1.29, 1.82) is 0 Å². The first-order chi connectivity index (χ1) is 9.51. The Hall–Kier alpha value is -2.70. The SMILES string of the molecule is COC(=O)c1ccc(Cn2cc(C)c([N+](=O)[O-])n2)cc1. The Morgan fingerprint density at radius 3 is 2.55 bits per heavy atom. The molecule has 0 radical (unpaired) electrons. The van der Waals surface area contributed by atoms with Crippen molar-refractivity contribution in [1.82, 2.24) is 9.78 Å². The van der Waals surface area contributed by atoms with Gasteiger partial charge in [0.1, 0.15) is 0 Å². The standard InChI is InChI=1S/C13H13N3O4/c1-9-7-15(14-12(9)16(18)19)8-10-3-5-11(6-4-10)13(17)20-2/h3-7H,8H2,1-2H3. The lowest BCUT2D eigenvalue weighted by molar-refractivity contribution is -0.390. The van der Waals surface area contributed by atoms with E-state index in [1.807, 2.05) is 0 Å². The molecule has 0 aliphatic heterocycles. The van der Waals surface area contributed by atoms with E-state index in [0.29, 0.717) is 17.7 Å². The third kappa shape index (κ3) is 2.82. The number of benzene rings is 1. The average Bonchev–Trinajstić information content (AvgIpc) is 2.79. The molecule has 0 bridgehead atoms. The molecule has 0 fully saturated rings. The van der Waals surface area contributed by atoms with Crippen LogP contribution in [-0.4, -0.2) is 27.8 Å². The second kappa shape index (κ2) is 5.52. The molecule has 7 nitrogen and oxygen atoms in total. The van der Waals surface area contributed by atoms with Crippen molar-refractivity contribution in [2.45, 2.75) is 13.5 Å². The number of aryl methyl sites for hydroxylation is 1. The fourth-order valence-electron chi connectivity index (χ4n) is 1.82. The van der Waals surface area contributed by atoms with Crippen LogP contribution in [0.3, 0.4) is 0 Å². The Balaban J connectivity index is 2.16. The molecule has 104 valence electrons. The molecule has 2 rings (SSSR count). The molecule has 7 heteroatoms. The Bertz CT molecular complexity index is 646. The number of methoxy groups -OCH3 is 1. The first-order valence-electron chi connectivity index (χ1n) is 5.87. The third-order valence-electron chi connectivity index (χ3n) is 2.81. The van der Waals surface area contributed by atoms with Crippen molar-refractivity contribution < 1.29 is 14.5 Å². The van der Waals surface area contributed by atoms with E-state index in [9.17, 15) is 14.9 Å². The van der Waals surface area contributed by atoms with Gasteiger partial charge in [0.2, 0.25) is 0 Å². The maximum Gasteiger partial charge on any atom is 0.392 e. The van der Waals surface area contributed by atoms with Crippen molar-refractivity contribution >= 4 is 11.8 Å². The van der Waals surface area contributed by atoms with Crippen molar-refractivity contribution in [3.8, 4) is 0 Å². The molecule has 1 heterocycles. The molecule has 0 saturated carbocycles. The van der Waals surface area contributed by atoms with Crippen LogP contribution in [0.2, 0.25) is 0 Å². The predicted octanol–water partition coefficient (Wildman–Crippen LogP) is 1.93. The normalized spacial score (nSPS) is 10.3. The number of ether oxygens (including phenoxy) is 1. The molecule has 0 aliphatic carbocycles. The van der Waals surface area contributed by atoms with Gasteiger partial charge in [-0.25, -0.2) is 4.79 Å². The zero-order chi connectivity index (χ0) is 14.7. The van der Waals surface area contributed by atoms with E-state index >= 15 is 0 Å². The molecular weight excluding hydrogens is 262 g/mol. The minimum Gasteiger partial charge on any atom is -0.465 e. The monoisotopic (exact) mass is 275 g/mol. The van der Waals surface area contributed by atoms with Crippen LogP contribution in [0.15, 0.2) is 30.5 Å². The predicted molar refractivity (Wildman–Crippen MR) is 70.5 cm³/mol. The van der Waals surface area contributed by atoms with Gasteiger partial charge in [-0.15, -0.1) is 0 Å². The molecule has 0 spiro atoms. The summed E-state index contributed by atoms with van der Waals surface area (Å²) in [5.41, 5.74) is 1.86. The van der Waals surface area contributed by atoms with Gasteiger partial charge in [0, 0.05) is 0 Å². The van der Waals surface area contributed by atoms with Crippen LogP contribution in [0.5, 0.6) is 0 Å². The number of aromatic nitrogens is 2. The second-order valence-corrected chi connectivity index (χ2v) is 4.28. The second-order valence-electron chi connectivity index (χ2n) is 4.28. The van der Waals surface area contributed by atoms with Crippen LogP contribution >= 0.6 is 0 Å². The smallest absolute Gasteiger partial charge is 0.392 e. The van der Waals surface area contributed by atoms with Crippen LogP contribution in [0, 0.1) is 17.0 Å². The Morgan fingerprint density at radius 2 is 2.05 bits per heavy atom. The van der Waals surface area contributed by atoms with Gasteiger partial charge < -0.3 is 14.9 Å². The van der Waals surface area contributed by atoms with Crippen molar-refractivity contribution in [2.24, 2.45) is 0 Å². The summed E-state index contributed by atoms with van der Waals surface area (Å²) in [6.45, 7) is 2.04. The highest BCUT2D eigenvalue weighted by Gasteiger charge is 2.17. The first-order valence-corrected chi connectivity index (χ1v) is 5.87. The summed E-state index contributed by atoms with van der Waals surface area (Å²) < 4.78 is 6.11. The first kappa shape index (κ1) is 13.7. The summed E-state index contributed by atoms with van der Waals surface area (Å²) in [7, 11) is 1.32. The Kier molecular flexibility index (Phi) is 3.79. The highest BCUT2D eigenvalue weighted by Crippen LogP contribution is 2.15. The summed E-state index contributed by atoms with van der Waals surface area (Å²) in [5, 5.41) is 14.6. The van der Waals surface area contributed by atoms with Gasteiger partial charge in [0.15, 0.2) is 0 Å². The minimum atomic E-state index is -0.508. The van der Waals surface area contributed by atoms with E-state index in [4.69, 9.17) is 0 Å². The summed E-state index contributed by atoms with van der Waals surface area (Å²) >= 11 is 0. The fourth-order valence-corrected chi connectivity index (χ4v) is 1.82. The molecule has 0 N–H and O–H groups in total. The van der Waals surface area contributed by atoms with E-state index in [-0.39, 0.29) is 5.82 Å². The lowest BCUT2D eigenvalue weighted by atomic mass is 10.1. The fraction of sp³-hybridized carbons (Fsp3) is 0.231. The number of rotatable bonds is 4. The zero-order valence-electron chi connectivity index (χ0n) is 11.1. The van der Waals surface area contributed by atoms with Crippen LogP contribution in [0.25, 0.3) is 0 Å².